The van der Waals surface area contributed by atoms with Gasteiger partial charge in [-0.05, 0) is 17.7 Å². The third-order valence-corrected chi connectivity index (χ3v) is 3.38. The molecule has 2 N–H and O–H groups in total. The van der Waals surface area contributed by atoms with E-state index in [1.807, 2.05) is 0 Å². The van der Waals surface area contributed by atoms with Crippen LogP contribution in [0.3, 0.4) is 0 Å². The minimum atomic E-state index is -0.978. The van der Waals surface area contributed by atoms with E-state index in [1.165, 1.54) is 14.2 Å². The molecule has 7 heteroatoms. The molecule has 6 nitrogen and oxygen atoms in total. The van der Waals surface area contributed by atoms with Crippen molar-refractivity contribution in [2.75, 3.05) is 20.8 Å². The average Bonchev–Trinajstić information content (AvgIpc) is 2.43. The minimum absolute atomic E-state index is 0.0766. The lowest BCUT2D eigenvalue weighted by Gasteiger charge is -2.14. The van der Waals surface area contributed by atoms with Gasteiger partial charge in [0.1, 0.15) is 6.04 Å². The zero-order valence-electron chi connectivity index (χ0n) is 11.2. The second-order valence-electron chi connectivity index (χ2n) is 4.02. The quantitative estimate of drug-likeness (QED) is 0.727. The van der Waals surface area contributed by atoms with Gasteiger partial charge in [0.05, 0.1) is 19.3 Å². The fourth-order valence-electron chi connectivity index (χ4n) is 1.55. The van der Waals surface area contributed by atoms with Gasteiger partial charge in [-0.25, -0.2) is 4.79 Å². The van der Waals surface area contributed by atoms with Crippen molar-refractivity contribution in [1.82, 2.24) is 5.32 Å². The number of nitrogens with one attached hydrogen (secondary N) is 1. The van der Waals surface area contributed by atoms with E-state index in [9.17, 15) is 9.59 Å². The van der Waals surface area contributed by atoms with E-state index in [0.29, 0.717) is 16.6 Å². The number of carboxylic acids is 1. The maximum atomic E-state index is 11.4. The maximum Gasteiger partial charge on any atom is 0.337 e. The number of methoxy groups -OCH3 is 2. The van der Waals surface area contributed by atoms with Crippen molar-refractivity contribution in [3.8, 4) is 0 Å². The van der Waals surface area contributed by atoms with E-state index >= 15 is 0 Å². The van der Waals surface area contributed by atoms with Gasteiger partial charge in [-0.3, -0.25) is 10.1 Å². The molecular formula is C13H16BrNO5. The average molecular weight is 346 g/mol. The SMILES string of the molecule is COC[C@H](NCc1ccc(C(=O)OC)cc1Br)C(=O)O. The summed E-state index contributed by atoms with van der Waals surface area (Å²) in [6, 6.07) is 4.20. The molecule has 0 unspecified atom stereocenters. The van der Waals surface area contributed by atoms with Crippen LogP contribution in [0.15, 0.2) is 22.7 Å². The van der Waals surface area contributed by atoms with Crippen molar-refractivity contribution in [3.63, 3.8) is 0 Å². The van der Waals surface area contributed by atoms with Crippen LogP contribution in [0.2, 0.25) is 0 Å². The summed E-state index contributed by atoms with van der Waals surface area (Å²) in [5, 5.41) is 11.9. The summed E-state index contributed by atoms with van der Waals surface area (Å²) >= 11 is 3.34. The Morgan fingerprint density at radius 1 is 1.40 bits per heavy atom. The van der Waals surface area contributed by atoms with Gasteiger partial charge in [-0.1, -0.05) is 22.0 Å². The fraction of sp³-hybridized carbons (Fsp3) is 0.385. The summed E-state index contributed by atoms with van der Waals surface area (Å²) in [4.78, 5) is 22.3. The zero-order valence-corrected chi connectivity index (χ0v) is 12.8. The Bertz CT molecular complexity index is 492. The van der Waals surface area contributed by atoms with Crippen LogP contribution in [0, 0.1) is 0 Å². The first-order valence-corrected chi connectivity index (χ1v) is 6.60. The largest absolute Gasteiger partial charge is 0.480 e. The van der Waals surface area contributed by atoms with Crippen molar-refractivity contribution < 1.29 is 24.2 Å². The Hall–Kier alpha value is -1.44. The summed E-state index contributed by atoms with van der Waals surface area (Å²) in [6.45, 7) is 0.412. The highest BCUT2D eigenvalue weighted by Crippen LogP contribution is 2.19. The molecule has 1 atom stereocenters. The molecule has 110 valence electrons. The molecule has 0 saturated heterocycles. The van der Waals surface area contributed by atoms with Crippen LogP contribution >= 0.6 is 15.9 Å². The summed E-state index contributed by atoms with van der Waals surface area (Å²) in [6.07, 6.45) is 0. The van der Waals surface area contributed by atoms with Crippen LogP contribution in [0.5, 0.6) is 0 Å². The Kier molecular flexibility index (Phi) is 6.63. The monoisotopic (exact) mass is 345 g/mol. The van der Waals surface area contributed by atoms with Crippen molar-refractivity contribution in [2.24, 2.45) is 0 Å². The van der Waals surface area contributed by atoms with E-state index in [2.05, 4.69) is 26.0 Å². The molecule has 0 spiro atoms. The van der Waals surface area contributed by atoms with E-state index in [1.54, 1.807) is 18.2 Å². The molecule has 0 amide bonds. The number of carbonyl (C=O) groups excluding carboxylic acids is 1. The van der Waals surface area contributed by atoms with Crippen molar-refractivity contribution >= 4 is 27.9 Å². The number of hydrogen-bond donors (Lipinski definition) is 2. The Morgan fingerprint density at radius 2 is 2.10 bits per heavy atom. The molecule has 0 heterocycles. The predicted molar refractivity (Wildman–Crippen MR) is 75.6 cm³/mol. The number of aliphatic carboxylic acids is 1. The van der Waals surface area contributed by atoms with Gasteiger partial charge in [0.2, 0.25) is 0 Å². The summed E-state index contributed by atoms with van der Waals surface area (Å²) in [5.41, 5.74) is 1.26. The van der Waals surface area contributed by atoms with Crippen molar-refractivity contribution in [2.45, 2.75) is 12.6 Å². The first kappa shape index (κ1) is 16.6. The van der Waals surface area contributed by atoms with Crippen molar-refractivity contribution in [3.05, 3.63) is 33.8 Å². The van der Waals surface area contributed by atoms with E-state index in [0.717, 1.165) is 5.56 Å². The number of carboxylic acid groups (broad SMARTS) is 1. The van der Waals surface area contributed by atoms with Gasteiger partial charge < -0.3 is 14.6 Å². The van der Waals surface area contributed by atoms with E-state index in [4.69, 9.17) is 9.84 Å². The van der Waals surface area contributed by atoms with Crippen LogP contribution in [0.1, 0.15) is 15.9 Å². The number of hydrogen-bond acceptors (Lipinski definition) is 5. The molecule has 1 aromatic rings. The minimum Gasteiger partial charge on any atom is -0.480 e. The Labute approximate surface area is 125 Å². The number of esters is 1. The van der Waals surface area contributed by atoms with Crippen LogP contribution in [0.4, 0.5) is 0 Å². The number of rotatable bonds is 7. The molecule has 0 aromatic heterocycles. The molecule has 1 rings (SSSR count). The number of halogens is 1. The van der Waals surface area contributed by atoms with E-state index < -0.39 is 18.0 Å². The van der Waals surface area contributed by atoms with Crippen molar-refractivity contribution in [1.29, 1.82) is 0 Å². The highest BCUT2D eigenvalue weighted by atomic mass is 79.9. The predicted octanol–water partition coefficient (Wildman–Crippen LogP) is 1.42. The summed E-state index contributed by atoms with van der Waals surface area (Å²) in [7, 11) is 2.76. The van der Waals surface area contributed by atoms with Gasteiger partial charge in [-0.15, -0.1) is 0 Å². The van der Waals surface area contributed by atoms with E-state index in [-0.39, 0.29) is 6.61 Å². The topological polar surface area (TPSA) is 84.9 Å². The normalized spacial score (nSPS) is 11.9. The summed E-state index contributed by atoms with van der Waals surface area (Å²) < 4.78 is 10.2. The van der Waals surface area contributed by atoms with Gasteiger partial charge in [0.25, 0.3) is 0 Å². The fourth-order valence-corrected chi connectivity index (χ4v) is 2.07. The molecule has 0 aliphatic carbocycles. The highest BCUT2D eigenvalue weighted by molar-refractivity contribution is 9.10. The molecule has 0 fully saturated rings. The molecule has 0 saturated carbocycles. The lowest BCUT2D eigenvalue weighted by Crippen LogP contribution is -2.39. The smallest absolute Gasteiger partial charge is 0.337 e. The standard InChI is InChI=1S/C13H16BrNO5/c1-19-7-11(12(16)17)15-6-9-4-3-8(5-10(9)14)13(18)20-2/h3-5,11,15H,6-7H2,1-2H3,(H,16,17)/t11-/m0/s1. The first-order valence-electron chi connectivity index (χ1n) is 5.81. The molecule has 0 bridgehead atoms. The first-order chi connectivity index (χ1) is 9.49. The molecule has 0 radical (unpaired) electrons. The highest BCUT2D eigenvalue weighted by Gasteiger charge is 2.17. The number of benzene rings is 1. The molecule has 0 aliphatic rings. The third kappa shape index (κ3) is 4.59. The second kappa shape index (κ2) is 7.98. The molecule has 20 heavy (non-hydrogen) atoms. The molecular weight excluding hydrogens is 330 g/mol. The number of ether oxygens (including phenoxy) is 2. The van der Waals surface area contributed by atoms with Crippen LogP contribution in [-0.2, 0) is 20.8 Å². The van der Waals surface area contributed by atoms with Gasteiger partial charge in [0.15, 0.2) is 0 Å². The lowest BCUT2D eigenvalue weighted by atomic mass is 10.1. The van der Waals surface area contributed by atoms with Gasteiger partial charge >= 0.3 is 11.9 Å². The van der Waals surface area contributed by atoms with Gasteiger partial charge in [-0.2, -0.15) is 0 Å². The van der Waals surface area contributed by atoms with Crippen LogP contribution in [0.25, 0.3) is 0 Å². The number of carbonyl (C=O) groups is 2. The lowest BCUT2D eigenvalue weighted by molar-refractivity contribution is -0.140. The summed E-state index contributed by atoms with van der Waals surface area (Å²) in [5.74, 6) is -1.40. The third-order valence-electron chi connectivity index (χ3n) is 2.64. The Morgan fingerprint density at radius 3 is 2.60 bits per heavy atom. The Balaban J connectivity index is 2.73. The van der Waals surface area contributed by atoms with Crippen LogP contribution in [-0.4, -0.2) is 43.9 Å². The zero-order chi connectivity index (χ0) is 15.1. The molecule has 0 aliphatic heterocycles. The van der Waals surface area contributed by atoms with Crippen LogP contribution < -0.4 is 5.32 Å². The van der Waals surface area contributed by atoms with Gasteiger partial charge in [0, 0.05) is 18.1 Å². The molecule has 1 aromatic carbocycles. The maximum absolute atomic E-state index is 11.4. The second-order valence-corrected chi connectivity index (χ2v) is 4.88.